The van der Waals surface area contributed by atoms with Crippen molar-refractivity contribution in [3.8, 4) is 17.1 Å². The number of para-hydroxylation sites is 5. The molecular weight excluding hydrogens is 791 g/mol. The second-order valence-corrected chi connectivity index (χ2v) is 20.7. The maximum absolute atomic E-state index is 2.75. The van der Waals surface area contributed by atoms with Crippen LogP contribution in [0.15, 0.2) is 249 Å². The number of benzene rings is 10. The number of hydrogen-bond acceptors (Lipinski definition) is 0. The Kier molecular flexibility index (Phi) is 8.23. The van der Waals surface area contributed by atoms with Crippen molar-refractivity contribution in [2.24, 2.45) is 0 Å². The number of hydrogen-bond donors (Lipinski definition) is 0. The lowest BCUT2D eigenvalue weighted by Crippen LogP contribution is -2.74. The van der Waals surface area contributed by atoms with Crippen LogP contribution in [-0.2, 0) is 0 Å². The first kappa shape index (κ1) is 36.5. The monoisotopic (exact) mass is 831 g/mol. The predicted molar refractivity (Wildman–Crippen MR) is 273 cm³/mol. The lowest BCUT2D eigenvalue weighted by molar-refractivity contribution is 1.12. The van der Waals surface area contributed by atoms with Crippen LogP contribution in [0.1, 0.15) is 0 Å². The van der Waals surface area contributed by atoms with Crippen molar-refractivity contribution in [3.63, 3.8) is 0 Å². The lowest BCUT2D eigenvalue weighted by Gasteiger charge is -2.34. The van der Waals surface area contributed by atoms with Crippen molar-refractivity contribution in [2.45, 2.75) is 0 Å². The van der Waals surface area contributed by atoms with E-state index < -0.39 is 8.07 Å². The Morgan fingerprint density at radius 3 is 1.27 bits per heavy atom. The highest BCUT2D eigenvalue weighted by Gasteiger charge is 2.41. The zero-order chi connectivity index (χ0) is 42.2. The average Bonchev–Trinajstić information content (AvgIpc) is 4.01. The molecule has 0 amide bonds. The number of rotatable bonds is 7. The maximum Gasteiger partial charge on any atom is 0.179 e. The van der Waals surface area contributed by atoms with E-state index in [1.807, 2.05) is 0 Å². The van der Waals surface area contributed by atoms with E-state index in [0.29, 0.717) is 0 Å². The number of nitrogens with zero attached hydrogens (tertiary/aromatic N) is 3. The molecule has 0 unspecified atom stereocenters. The van der Waals surface area contributed by atoms with Crippen LogP contribution in [0.2, 0.25) is 0 Å². The van der Waals surface area contributed by atoms with Crippen molar-refractivity contribution < 1.29 is 0 Å². The second-order valence-electron chi connectivity index (χ2n) is 16.8. The molecule has 0 aliphatic heterocycles. The van der Waals surface area contributed by atoms with Gasteiger partial charge in [-0.3, -0.25) is 0 Å². The molecule has 4 heteroatoms. The first-order valence-corrected chi connectivity index (χ1v) is 24.1. The molecule has 3 heterocycles. The van der Waals surface area contributed by atoms with Crippen LogP contribution in [0, 0.1) is 0 Å². The Labute approximate surface area is 372 Å². The largest absolute Gasteiger partial charge is 0.309 e. The molecule has 0 aliphatic carbocycles. The molecule has 13 rings (SSSR count). The molecule has 0 atom stereocenters. The first-order chi connectivity index (χ1) is 31.8. The van der Waals surface area contributed by atoms with Crippen LogP contribution in [0.25, 0.3) is 82.5 Å². The minimum Gasteiger partial charge on any atom is -0.309 e. The molecule has 0 saturated heterocycles. The fraction of sp³-hybridized carbons (Fsp3) is 0. The molecule has 3 nitrogen and oxygen atoms in total. The van der Waals surface area contributed by atoms with E-state index in [1.165, 1.54) is 80.6 Å². The van der Waals surface area contributed by atoms with Gasteiger partial charge in [0.2, 0.25) is 0 Å². The first-order valence-electron chi connectivity index (χ1n) is 22.1. The zero-order valence-electron chi connectivity index (χ0n) is 35.0. The quantitative estimate of drug-likeness (QED) is 0.112. The molecule has 0 bridgehead atoms. The fourth-order valence-corrected chi connectivity index (χ4v) is 15.7. The van der Waals surface area contributed by atoms with Crippen LogP contribution in [0.3, 0.4) is 0 Å². The summed E-state index contributed by atoms with van der Waals surface area (Å²) >= 11 is 0. The van der Waals surface area contributed by atoms with Crippen molar-refractivity contribution in [1.29, 1.82) is 0 Å². The predicted octanol–water partition coefficient (Wildman–Crippen LogP) is 12.4. The van der Waals surface area contributed by atoms with E-state index in [-0.39, 0.29) is 0 Å². The van der Waals surface area contributed by atoms with Crippen molar-refractivity contribution >= 4 is 94.2 Å². The summed E-state index contributed by atoms with van der Waals surface area (Å²) in [5, 5.41) is 12.9. The molecule has 0 N–H and O–H groups in total. The van der Waals surface area contributed by atoms with Gasteiger partial charge < -0.3 is 13.7 Å². The van der Waals surface area contributed by atoms with E-state index in [0.717, 1.165) is 22.6 Å². The minimum atomic E-state index is -2.75. The van der Waals surface area contributed by atoms with Gasteiger partial charge in [0.25, 0.3) is 0 Å². The molecule has 13 aromatic rings. The third-order valence-electron chi connectivity index (χ3n) is 13.6. The van der Waals surface area contributed by atoms with E-state index in [2.05, 4.69) is 262 Å². The molecular formula is C60H41N3Si. The van der Waals surface area contributed by atoms with Crippen LogP contribution < -0.4 is 20.7 Å². The summed E-state index contributed by atoms with van der Waals surface area (Å²) < 4.78 is 7.42. The van der Waals surface area contributed by atoms with Gasteiger partial charge in [-0.25, -0.2) is 0 Å². The van der Waals surface area contributed by atoms with Gasteiger partial charge in [-0.05, 0) is 75.3 Å². The van der Waals surface area contributed by atoms with Crippen LogP contribution in [-0.4, -0.2) is 21.8 Å². The lowest BCUT2D eigenvalue weighted by atomic mass is 10.1. The highest BCUT2D eigenvalue weighted by molar-refractivity contribution is 7.20. The summed E-state index contributed by atoms with van der Waals surface area (Å²) in [5.74, 6) is 0. The summed E-state index contributed by atoms with van der Waals surface area (Å²) in [7, 11) is -2.75. The zero-order valence-corrected chi connectivity index (χ0v) is 36.0. The van der Waals surface area contributed by atoms with Gasteiger partial charge in [0.15, 0.2) is 8.07 Å². The van der Waals surface area contributed by atoms with Gasteiger partial charge in [0.05, 0.1) is 38.8 Å². The minimum absolute atomic E-state index is 1.13. The molecule has 64 heavy (non-hydrogen) atoms. The summed E-state index contributed by atoms with van der Waals surface area (Å²) in [6, 6.07) is 92.2. The van der Waals surface area contributed by atoms with Gasteiger partial charge in [-0.2, -0.15) is 0 Å². The third kappa shape index (κ3) is 5.27. The summed E-state index contributed by atoms with van der Waals surface area (Å²) in [4.78, 5) is 0. The fourth-order valence-electron chi connectivity index (χ4n) is 10.9. The van der Waals surface area contributed by atoms with Crippen LogP contribution in [0.4, 0.5) is 0 Å². The average molecular weight is 832 g/mol. The van der Waals surface area contributed by atoms with Crippen molar-refractivity contribution in [1.82, 2.24) is 13.7 Å². The standard InChI is InChI=1S/C60H41N3Si/c1-5-20-42(21-6-1)62-59-40-43(36-38-51(59)52-31-19-35-58(60(52)62)63-55-33-17-13-28-48(55)49-29-14-18-34-56(49)63)61-54-32-16-15-30-50(54)53-41-47(37-39-57(53)61)64(44-22-7-2-8-23-44,45-24-9-3-10-25-45)46-26-11-4-12-27-46/h1-41H. The van der Waals surface area contributed by atoms with Gasteiger partial charge in [0.1, 0.15) is 0 Å². The smallest absolute Gasteiger partial charge is 0.179 e. The van der Waals surface area contributed by atoms with Crippen LogP contribution >= 0.6 is 0 Å². The normalized spacial score (nSPS) is 12.1. The Morgan fingerprint density at radius 1 is 0.234 bits per heavy atom. The summed E-state index contributed by atoms with van der Waals surface area (Å²) in [5.41, 5.74) is 10.5. The van der Waals surface area contributed by atoms with Crippen LogP contribution in [0.5, 0.6) is 0 Å². The topological polar surface area (TPSA) is 14.8 Å². The molecule has 0 saturated carbocycles. The summed E-state index contributed by atoms with van der Waals surface area (Å²) in [6.07, 6.45) is 0. The highest BCUT2D eigenvalue weighted by atomic mass is 28.3. The molecule has 300 valence electrons. The molecule has 0 radical (unpaired) electrons. The van der Waals surface area contributed by atoms with Gasteiger partial charge in [0, 0.05) is 43.7 Å². The van der Waals surface area contributed by atoms with Gasteiger partial charge >= 0.3 is 0 Å². The summed E-state index contributed by atoms with van der Waals surface area (Å²) in [6.45, 7) is 0. The molecule has 10 aromatic carbocycles. The van der Waals surface area contributed by atoms with E-state index in [1.54, 1.807) is 0 Å². The Morgan fingerprint density at radius 2 is 0.688 bits per heavy atom. The SMILES string of the molecule is c1ccc(-n2c3cc(-n4c5ccccc5c5cc([Si](c6ccccc6)(c6ccccc6)c6ccccc6)ccc54)ccc3c3cccc(-n4c5ccccc5c5ccccc54)c32)cc1. The molecule has 3 aromatic heterocycles. The van der Waals surface area contributed by atoms with Gasteiger partial charge in [-0.15, -0.1) is 0 Å². The van der Waals surface area contributed by atoms with Crippen molar-refractivity contribution in [2.75, 3.05) is 0 Å². The number of aromatic nitrogens is 3. The maximum atomic E-state index is 2.52. The Hall–Kier alpha value is -8.18. The Balaban J connectivity index is 1.09. The highest BCUT2D eigenvalue weighted by Crippen LogP contribution is 2.41. The third-order valence-corrected chi connectivity index (χ3v) is 18.3. The van der Waals surface area contributed by atoms with E-state index >= 15 is 0 Å². The van der Waals surface area contributed by atoms with E-state index in [9.17, 15) is 0 Å². The second kappa shape index (κ2) is 14.5. The van der Waals surface area contributed by atoms with E-state index in [4.69, 9.17) is 0 Å². The number of fused-ring (bicyclic) bond motifs is 9. The molecule has 0 aliphatic rings. The molecule has 0 spiro atoms. The van der Waals surface area contributed by atoms with Gasteiger partial charge in [-0.1, -0.05) is 194 Å². The van der Waals surface area contributed by atoms with Crippen molar-refractivity contribution in [3.05, 3.63) is 249 Å². The Bertz CT molecular complexity index is 3730. The molecule has 0 fully saturated rings.